The molecule has 24 heavy (non-hydrogen) atoms. The number of hydrogen-bond acceptors (Lipinski definition) is 6. The van der Waals surface area contributed by atoms with Gasteiger partial charge in [0.05, 0.1) is 5.69 Å². The maximum Gasteiger partial charge on any atom is 0.264 e. The molecule has 6 nitrogen and oxygen atoms in total. The molecule has 0 saturated carbocycles. The summed E-state index contributed by atoms with van der Waals surface area (Å²) in [4.78, 5) is 25.2. The van der Waals surface area contributed by atoms with E-state index in [1.807, 2.05) is 17.5 Å². The first-order valence-electron chi connectivity index (χ1n) is 7.21. The van der Waals surface area contributed by atoms with Crippen molar-refractivity contribution in [1.82, 2.24) is 15.0 Å². The van der Waals surface area contributed by atoms with Gasteiger partial charge in [-0.25, -0.2) is 9.98 Å². The average Bonchev–Trinajstić information content (AvgIpc) is 3.03. The van der Waals surface area contributed by atoms with Crippen LogP contribution in [0.15, 0.2) is 39.4 Å². The van der Waals surface area contributed by atoms with Crippen molar-refractivity contribution in [3.63, 3.8) is 0 Å². The van der Waals surface area contributed by atoms with E-state index >= 15 is 0 Å². The first-order chi connectivity index (χ1) is 11.6. The molecular weight excluding hydrogens is 344 g/mol. The van der Waals surface area contributed by atoms with Crippen LogP contribution in [0.25, 0.3) is 11.3 Å². The Morgan fingerprint density at radius 3 is 2.75 bits per heavy atom. The number of benzene rings is 1. The van der Waals surface area contributed by atoms with Crippen molar-refractivity contribution < 1.29 is 5.11 Å². The molecule has 2 heterocycles. The normalized spacial score (nSPS) is 11.2. The van der Waals surface area contributed by atoms with E-state index in [4.69, 9.17) is 12.2 Å². The number of aryl methyl sites for hydroxylation is 1. The fourth-order valence-corrected chi connectivity index (χ4v) is 2.95. The predicted molar refractivity (Wildman–Crippen MR) is 98.1 cm³/mol. The van der Waals surface area contributed by atoms with E-state index in [0.717, 1.165) is 17.7 Å². The van der Waals surface area contributed by atoms with Crippen LogP contribution in [0.3, 0.4) is 0 Å². The minimum absolute atomic E-state index is 0.00708. The van der Waals surface area contributed by atoms with Gasteiger partial charge in [0.15, 0.2) is 4.77 Å². The minimum Gasteiger partial charge on any atom is -0.494 e. The summed E-state index contributed by atoms with van der Waals surface area (Å²) in [6, 6.07) is 8.19. The van der Waals surface area contributed by atoms with Crippen molar-refractivity contribution in [2.24, 2.45) is 4.99 Å². The minimum atomic E-state index is -0.507. The number of aromatic hydroxyl groups is 1. The molecule has 8 heteroatoms. The fraction of sp³-hybridized carbons (Fsp3) is 0.125. The zero-order valence-corrected chi connectivity index (χ0v) is 14.4. The van der Waals surface area contributed by atoms with E-state index in [1.165, 1.54) is 23.1 Å². The van der Waals surface area contributed by atoms with Crippen molar-refractivity contribution in [2.45, 2.75) is 13.3 Å². The van der Waals surface area contributed by atoms with E-state index in [0.29, 0.717) is 5.13 Å². The molecule has 0 atom stereocenters. The van der Waals surface area contributed by atoms with Gasteiger partial charge in [-0.05, 0) is 24.2 Å². The third kappa shape index (κ3) is 3.50. The maximum absolute atomic E-state index is 11.8. The Morgan fingerprint density at radius 2 is 2.08 bits per heavy atom. The Labute approximate surface area is 146 Å². The summed E-state index contributed by atoms with van der Waals surface area (Å²) in [7, 11) is 0. The summed E-state index contributed by atoms with van der Waals surface area (Å²) in [5, 5.41) is 12.1. The first-order valence-corrected chi connectivity index (χ1v) is 8.50. The second-order valence-electron chi connectivity index (χ2n) is 4.99. The summed E-state index contributed by atoms with van der Waals surface area (Å²) >= 11 is 6.13. The van der Waals surface area contributed by atoms with Crippen molar-refractivity contribution >= 4 is 34.9 Å². The Balaban J connectivity index is 1.86. The highest BCUT2D eigenvalue weighted by molar-refractivity contribution is 7.71. The summed E-state index contributed by atoms with van der Waals surface area (Å²) in [5.74, 6) is -0.320. The topological polar surface area (TPSA) is 94.1 Å². The third-order valence-electron chi connectivity index (χ3n) is 3.41. The Hall–Kier alpha value is -2.58. The van der Waals surface area contributed by atoms with E-state index in [-0.39, 0.29) is 16.2 Å². The zero-order valence-electron chi connectivity index (χ0n) is 12.7. The van der Waals surface area contributed by atoms with Gasteiger partial charge in [-0.15, -0.1) is 11.3 Å². The standard InChI is InChI=1S/C16H14N4O2S2/c1-2-9-3-5-10(6-4-9)12-8-24-16(18-12)17-7-11-13(21)19-15(23)20-14(11)22/h3-8H,2H2,1H3,(H3,19,20,21,22,23). The molecule has 0 amide bonds. The highest BCUT2D eigenvalue weighted by Gasteiger charge is 2.06. The lowest BCUT2D eigenvalue weighted by Crippen LogP contribution is -2.13. The van der Waals surface area contributed by atoms with E-state index < -0.39 is 5.56 Å². The second-order valence-corrected chi connectivity index (χ2v) is 6.24. The van der Waals surface area contributed by atoms with Crippen molar-refractivity contribution in [3.8, 4) is 17.1 Å². The number of H-pyrrole nitrogens is 2. The summed E-state index contributed by atoms with van der Waals surface area (Å²) in [5.41, 5.74) is 2.60. The number of aromatic nitrogens is 3. The van der Waals surface area contributed by atoms with Crippen LogP contribution in [0.1, 0.15) is 18.1 Å². The first kappa shape index (κ1) is 16.3. The number of thiazole rings is 1. The molecule has 3 rings (SSSR count). The van der Waals surface area contributed by atoms with Gasteiger partial charge >= 0.3 is 0 Å². The molecule has 0 aliphatic rings. The van der Waals surface area contributed by atoms with Gasteiger partial charge < -0.3 is 10.1 Å². The molecule has 0 bridgehead atoms. The lowest BCUT2D eigenvalue weighted by molar-refractivity contribution is 0.449. The van der Waals surface area contributed by atoms with Gasteiger partial charge in [-0.2, -0.15) is 0 Å². The van der Waals surface area contributed by atoms with Crippen LogP contribution in [-0.4, -0.2) is 26.3 Å². The summed E-state index contributed by atoms with van der Waals surface area (Å²) < 4.78 is 0.0571. The summed E-state index contributed by atoms with van der Waals surface area (Å²) in [6.07, 6.45) is 2.26. The van der Waals surface area contributed by atoms with Crippen LogP contribution in [-0.2, 0) is 6.42 Å². The quantitative estimate of drug-likeness (QED) is 0.491. The fourth-order valence-electron chi connectivity index (χ4n) is 2.09. The van der Waals surface area contributed by atoms with Gasteiger partial charge in [0, 0.05) is 17.2 Å². The number of nitrogens with one attached hydrogen (secondary N) is 2. The smallest absolute Gasteiger partial charge is 0.264 e. The highest BCUT2D eigenvalue weighted by atomic mass is 32.1. The van der Waals surface area contributed by atoms with E-state index in [9.17, 15) is 9.90 Å². The molecule has 3 aromatic rings. The SMILES string of the molecule is CCc1ccc(-c2csc(N=Cc3c(O)[nH]c(=S)[nH]c3=O)n2)cc1. The molecule has 3 N–H and O–H groups in total. The maximum atomic E-state index is 11.8. The zero-order chi connectivity index (χ0) is 17.1. The van der Waals surface area contributed by atoms with Gasteiger partial charge in [0.2, 0.25) is 11.0 Å². The van der Waals surface area contributed by atoms with Gasteiger partial charge in [-0.3, -0.25) is 9.78 Å². The molecule has 0 aliphatic heterocycles. The molecule has 0 radical (unpaired) electrons. The Bertz CT molecular complexity index is 1000. The lowest BCUT2D eigenvalue weighted by Gasteiger charge is -1.98. The van der Waals surface area contributed by atoms with Gasteiger partial charge in [-0.1, -0.05) is 31.2 Å². The molecule has 1 aromatic carbocycles. The van der Waals surface area contributed by atoms with Crippen molar-refractivity contribution in [3.05, 3.63) is 55.9 Å². The van der Waals surface area contributed by atoms with Crippen LogP contribution >= 0.6 is 23.6 Å². The van der Waals surface area contributed by atoms with Crippen LogP contribution in [0, 0.1) is 4.77 Å². The largest absolute Gasteiger partial charge is 0.494 e. The van der Waals surface area contributed by atoms with Crippen LogP contribution < -0.4 is 5.56 Å². The van der Waals surface area contributed by atoms with E-state index in [1.54, 1.807) is 0 Å². The third-order valence-corrected chi connectivity index (χ3v) is 4.37. The van der Waals surface area contributed by atoms with Crippen molar-refractivity contribution in [2.75, 3.05) is 0 Å². The predicted octanol–water partition coefficient (Wildman–Crippen LogP) is 3.57. The molecule has 0 fully saturated rings. The van der Waals surface area contributed by atoms with Gasteiger partial charge in [0.25, 0.3) is 5.56 Å². The number of nitrogens with zero attached hydrogens (tertiary/aromatic N) is 2. The molecule has 0 spiro atoms. The molecule has 0 unspecified atom stereocenters. The molecule has 2 aromatic heterocycles. The average molecular weight is 358 g/mol. The Morgan fingerprint density at radius 1 is 1.33 bits per heavy atom. The van der Waals surface area contributed by atoms with Crippen molar-refractivity contribution in [1.29, 1.82) is 0 Å². The highest BCUT2D eigenvalue weighted by Crippen LogP contribution is 2.27. The lowest BCUT2D eigenvalue weighted by atomic mass is 10.1. The van der Waals surface area contributed by atoms with Crippen LogP contribution in [0.2, 0.25) is 0 Å². The monoisotopic (exact) mass is 358 g/mol. The van der Waals surface area contributed by atoms with Gasteiger partial charge in [0.1, 0.15) is 5.56 Å². The molecule has 122 valence electrons. The molecular formula is C16H14N4O2S2. The summed E-state index contributed by atoms with van der Waals surface area (Å²) in [6.45, 7) is 2.11. The van der Waals surface area contributed by atoms with E-state index in [2.05, 4.69) is 39.0 Å². The number of aliphatic imine (C=N–C) groups is 1. The Kier molecular flexibility index (Phi) is 4.68. The second kappa shape index (κ2) is 6.90. The van der Waals surface area contributed by atoms with Crippen LogP contribution in [0.5, 0.6) is 5.88 Å². The molecule has 0 saturated heterocycles. The number of hydrogen-bond donors (Lipinski definition) is 3. The number of aromatic amines is 2. The number of rotatable bonds is 4. The van der Waals surface area contributed by atoms with Crippen LogP contribution in [0.4, 0.5) is 5.13 Å². The molecule has 0 aliphatic carbocycles.